The minimum atomic E-state index is -1.47. The van der Waals surface area contributed by atoms with Crippen LogP contribution in [-0.2, 0) is 14.4 Å². The first kappa shape index (κ1) is 34.8. The molecule has 0 aromatic carbocycles. The van der Waals surface area contributed by atoms with Crippen molar-refractivity contribution in [1.29, 1.82) is 0 Å². The Kier molecular flexibility index (Phi) is 29.4. The first-order chi connectivity index (χ1) is 13.5. The van der Waals surface area contributed by atoms with Crippen molar-refractivity contribution in [3.8, 4) is 0 Å². The second-order valence-electron chi connectivity index (χ2n) is 7.33. The van der Waals surface area contributed by atoms with Gasteiger partial charge in [0.2, 0.25) is 5.91 Å². The molecule has 0 saturated carbocycles. The average Bonchev–Trinajstić information content (AvgIpc) is 2.63. The zero-order chi connectivity index (χ0) is 21.0. The van der Waals surface area contributed by atoms with Crippen molar-refractivity contribution in [1.82, 2.24) is 4.90 Å². The topological polar surface area (TPSA) is 101 Å². The molecule has 0 aromatic rings. The van der Waals surface area contributed by atoms with E-state index in [2.05, 4.69) is 19.1 Å². The summed E-state index contributed by atoms with van der Waals surface area (Å²) >= 11 is 0. The molecule has 0 unspecified atom stereocenters. The Morgan fingerprint density at radius 2 is 1.07 bits per heavy atom. The first-order valence-corrected chi connectivity index (χ1v) is 10.8. The fraction of sp³-hybridized carbons (Fsp3) is 0.773. The van der Waals surface area contributed by atoms with Gasteiger partial charge in [-0.15, -0.1) is 0 Å². The SMILES string of the molecule is CCCCCCCC/C=C\CCCCCCCC(=O)N(CC(=O)[O-])CC(=O)[O-].[Na+].[Na+]. The molecule has 0 rings (SSSR count). The van der Waals surface area contributed by atoms with Crippen molar-refractivity contribution in [2.45, 2.75) is 96.8 Å². The summed E-state index contributed by atoms with van der Waals surface area (Å²) in [5.74, 6) is -3.43. The van der Waals surface area contributed by atoms with E-state index in [1.165, 1.54) is 44.9 Å². The van der Waals surface area contributed by atoms with Gasteiger partial charge in [-0.1, -0.05) is 70.4 Å². The minimum absolute atomic E-state index is 0. The molecule has 0 atom stereocenters. The maximum Gasteiger partial charge on any atom is 1.00 e. The van der Waals surface area contributed by atoms with Gasteiger partial charge in [0, 0.05) is 6.42 Å². The van der Waals surface area contributed by atoms with Crippen molar-refractivity contribution in [2.24, 2.45) is 0 Å². The molecule has 8 heteroatoms. The van der Waals surface area contributed by atoms with Gasteiger partial charge in [-0.3, -0.25) is 4.79 Å². The standard InChI is InChI=1S/C22H39NO5.2Na/c1-2-3-4-5-6-7-8-9-10-11-12-13-14-15-16-17-20(24)23(18-21(25)26)19-22(27)28;;/h9-10H,2-8,11-19H2,1H3,(H,25,26)(H,27,28);;/q;2*+1/p-2/b10-9-;;. The normalized spacial score (nSPS) is 10.3. The van der Waals surface area contributed by atoms with E-state index in [0.29, 0.717) is 6.42 Å². The predicted molar refractivity (Wildman–Crippen MR) is 106 cm³/mol. The molecule has 0 saturated heterocycles. The molecular weight excluding hydrogens is 404 g/mol. The number of carboxylic acids is 2. The van der Waals surface area contributed by atoms with Gasteiger partial charge in [0.25, 0.3) is 0 Å². The van der Waals surface area contributed by atoms with Crippen LogP contribution in [0.15, 0.2) is 12.2 Å². The van der Waals surface area contributed by atoms with Crippen LogP contribution in [0, 0.1) is 0 Å². The molecule has 0 fully saturated rings. The molecule has 30 heavy (non-hydrogen) atoms. The fourth-order valence-electron chi connectivity index (χ4n) is 3.05. The number of carbonyl (C=O) groups excluding carboxylic acids is 3. The van der Waals surface area contributed by atoms with Crippen LogP contribution in [0.5, 0.6) is 0 Å². The molecule has 0 heterocycles. The minimum Gasteiger partial charge on any atom is -0.548 e. The van der Waals surface area contributed by atoms with E-state index < -0.39 is 30.9 Å². The zero-order valence-corrected chi connectivity index (χ0v) is 23.5. The summed E-state index contributed by atoms with van der Waals surface area (Å²) in [7, 11) is 0. The summed E-state index contributed by atoms with van der Waals surface area (Å²) < 4.78 is 0. The van der Waals surface area contributed by atoms with Gasteiger partial charge in [0.15, 0.2) is 0 Å². The number of carbonyl (C=O) groups is 3. The smallest absolute Gasteiger partial charge is 0.548 e. The Morgan fingerprint density at radius 3 is 1.50 bits per heavy atom. The van der Waals surface area contributed by atoms with Crippen LogP contribution in [0.1, 0.15) is 96.8 Å². The number of unbranched alkanes of at least 4 members (excludes halogenated alkanes) is 11. The molecule has 0 aliphatic carbocycles. The molecule has 0 bridgehead atoms. The maximum absolute atomic E-state index is 11.9. The van der Waals surface area contributed by atoms with E-state index in [9.17, 15) is 24.6 Å². The number of aliphatic carboxylic acids is 2. The van der Waals surface area contributed by atoms with Crippen LogP contribution >= 0.6 is 0 Å². The van der Waals surface area contributed by atoms with Crippen molar-refractivity contribution < 1.29 is 83.7 Å². The summed E-state index contributed by atoms with van der Waals surface area (Å²) in [4.78, 5) is 33.8. The molecule has 0 spiro atoms. The summed E-state index contributed by atoms with van der Waals surface area (Å²) in [6, 6.07) is 0. The molecular formula is C22H37NNa2O5. The van der Waals surface area contributed by atoms with E-state index >= 15 is 0 Å². The molecule has 0 aliphatic heterocycles. The molecule has 0 radical (unpaired) electrons. The zero-order valence-electron chi connectivity index (χ0n) is 19.5. The van der Waals surface area contributed by atoms with Gasteiger partial charge in [-0.25, -0.2) is 0 Å². The van der Waals surface area contributed by atoms with E-state index in [1.807, 2.05) is 0 Å². The van der Waals surface area contributed by atoms with Crippen LogP contribution in [0.2, 0.25) is 0 Å². The summed E-state index contributed by atoms with van der Waals surface area (Å²) in [6.45, 7) is 0.812. The van der Waals surface area contributed by atoms with E-state index in [1.54, 1.807) is 0 Å². The summed E-state index contributed by atoms with van der Waals surface area (Å²) in [5, 5.41) is 21.2. The van der Waals surface area contributed by atoms with E-state index in [-0.39, 0.29) is 65.5 Å². The number of hydrogen-bond donors (Lipinski definition) is 0. The number of allylic oxidation sites excluding steroid dienone is 2. The van der Waals surface area contributed by atoms with Crippen molar-refractivity contribution in [2.75, 3.05) is 13.1 Å². The van der Waals surface area contributed by atoms with Crippen LogP contribution < -0.4 is 69.3 Å². The fourth-order valence-corrected chi connectivity index (χ4v) is 3.05. The third-order valence-electron chi connectivity index (χ3n) is 4.65. The second-order valence-corrected chi connectivity index (χ2v) is 7.33. The van der Waals surface area contributed by atoms with E-state index in [0.717, 1.165) is 37.0 Å². The van der Waals surface area contributed by atoms with Gasteiger partial charge in [0.05, 0.1) is 25.0 Å². The Balaban J connectivity index is -0.00000364. The number of nitrogens with zero attached hydrogens (tertiary/aromatic N) is 1. The van der Waals surface area contributed by atoms with Gasteiger partial charge >= 0.3 is 59.1 Å². The predicted octanol–water partition coefficient (Wildman–Crippen LogP) is -3.64. The third-order valence-corrected chi connectivity index (χ3v) is 4.65. The van der Waals surface area contributed by atoms with Crippen molar-refractivity contribution >= 4 is 17.8 Å². The van der Waals surface area contributed by atoms with Gasteiger partial charge < -0.3 is 24.7 Å². The molecule has 162 valence electrons. The Hall–Kier alpha value is 0.150. The van der Waals surface area contributed by atoms with Crippen LogP contribution in [0.4, 0.5) is 0 Å². The molecule has 0 aliphatic rings. The number of hydrogen-bond acceptors (Lipinski definition) is 5. The van der Waals surface area contributed by atoms with E-state index in [4.69, 9.17) is 0 Å². The van der Waals surface area contributed by atoms with Gasteiger partial charge in [-0.2, -0.15) is 0 Å². The van der Waals surface area contributed by atoms with Crippen molar-refractivity contribution in [3.63, 3.8) is 0 Å². The summed E-state index contributed by atoms with van der Waals surface area (Å²) in [5.41, 5.74) is 0. The van der Waals surface area contributed by atoms with Gasteiger partial charge in [0.1, 0.15) is 0 Å². The second kappa shape index (κ2) is 25.4. The van der Waals surface area contributed by atoms with Crippen LogP contribution in [-0.4, -0.2) is 35.8 Å². The molecule has 6 nitrogen and oxygen atoms in total. The van der Waals surface area contributed by atoms with Gasteiger partial charge in [-0.05, 0) is 32.1 Å². The Bertz CT molecular complexity index is 456. The number of amides is 1. The Morgan fingerprint density at radius 1 is 0.667 bits per heavy atom. The summed E-state index contributed by atoms with van der Waals surface area (Å²) in [6.07, 6.45) is 19.6. The first-order valence-electron chi connectivity index (χ1n) is 10.8. The number of rotatable bonds is 19. The number of carboxylic acid groups (broad SMARTS) is 2. The largest absolute Gasteiger partial charge is 1.00 e. The molecule has 0 N–H and O–H groups in total. The van der Waals surface area contributed by atoms with Crippen molar-refractivity contribution in [3.05, 3.63) is 12.2 Å². The molecule has 1 amide bonds. The Labute approximate surface area is 226 Å². The van der Waals surface area contributed by atoms with Crippen LogP contribution in [0.3, 0.4) is 0 Å². The quantitative estimate of drug-likeness (QED) is 0.117. The average molecular weight is 442 g/mol. The monoisotopic (exact) mass is 441 g/mol. The third kappa shape index (κ3) is 24.4. The van der Waals surface area contributed by atoms with Crippen LogP contribution in [0.25, 0.3) is 0 Å². The molecule has 0 aromatic heterocycles. The maximum atomic E-state index is 11.9.